The molecule has 2 aliphatic rings. The van der Waals surface area contributed by atoms with Crippen LogP contribution in [0.3, 0.4) is 0 Å². The Balaban J connectivity index is 2.18. The monoisotopic (exact) mass is 363 g/mol. The Morgan fingerprint density at radius 3 is 2.69 bits per heavy atom. The van der Waals surface area contributed by atoms with Crippen LogP contribution in [0.4, 0.5) is 10.5 Å². The topological polar surface area (TPSA) is 120 Å². The lowest BCUT2D eigenvalue weighted by Crippen LogP contribution is -2.46. The van der Waals surface area contributed by atoms with Crippen LogP contribution < -0.4 is 14.8 Å². The minimum atomic E-state index is -1.05. The summed E-state index contributed by atoms with van der Waals surface area (Å²) in [7, 11) is 1.49. The molecule has 10 heteroatoms. The molecule has 26 heavy (non-hydrogen) atoms. The van der Waals surface area contributed by atoms with Crippen molar-refractivity contribution in [2.45, 2.75) is 19.9 Å². The molecule has 0 saturated heterocycles. The average Bonchev–Trinajstić information content (AvgIpc) is 3.05. The van der Waals surface area contributed by atoms with E-state index < -0.39 is 23.0 Å². The number of urea groups is 1. The molecule has 0 radical (unpaired) electrons. The number of benzene rings is 1. The number of fused-ring (bicyclic) bond motifs is 1. The van der Waals surface area contributed by atoms with Crippen molar-refractivity contribution in [2.75, 3.05) is 20.4 Å². The Bertz CT molecular complexity index is 833. The van der Waals surface area contributed by atoms with Gasteiger partial charge in [-0.3, -0.25) is 10.1 Å². The molecule has 3 rings (SSSR count). The number of allylic oxidation sites excluding steroid dienone is 1. The van der Waals surface area contributed by atoms with Crippen LogP contribution in [0.1, 0.15) is 25.5 Å². The van der Waals surface area contributed by atoms with E-state index >= 15 is 0 Å². The SMILES string of the molecule is CCOC(=O)C1=C(C)N(C)C(=O)N[C@H]1c1cc2c(cc1[N+](=O)[O-])OCO2. The number of esters is 1. The van der Waals surface area contributed by atoms with E-state index in [9.17, 15) is 19.7 Å². The normalized spacial score (nSPS) is 18.7. The number of nitrogens with zero attached hydrogens (tertiary/aromatic N) is 2. The number of hydrogen-bond donors (Lipinski definition) is 1. The van der Waals surface area contributed by atoms with Crippen molar-refractivity contribution in [1.82, 2.24) is 10.2 Å². The maximum Gasteiger partial charge on any atom is 0.338 e. The number of carbonyl (C=O) groups is 2. The largest absolute Gasteiger partial charge is 0.463 e. The highest BCUT2D eigenvalue weighted by atomic mass is 16.7. The van der Waals surface area contributed by atoms with E-state index in [-0.39, 0.29) is 36.0 Å². The highest BCUT2D eigenvalue weighted by Crippen LogP contribution is 2.43. The molecule has 0 spiro atoms. The number of nitro benzene ring substituents is 1. The van der Waals surface area contributed by atoms with Gasteiger partial charge in [-0.15, -0.1) is 0 Å². The summed E-state index contributed by atoms with van der Waals surface area (Å²) < 4.78 is 15.5. The van der Waals surface area contributed by atoms with Gasteiger partial charge in [0.25, 0.3) is 5.69 Å². The van der Waals surface area contributed by atoms with Crippen LogP contribution in [0.25, 0.3) is 0 Å². The zero-order chi connectivity index (χ0) is 19.0. The fourth-order valence-electron chi connectivity index (χ4n) is 2.88. The van der Waals surface area contributed by atoms with Crippen LogP contribution in [0.5, 0.6) is 11.5 Å². The number of carbonyl (C=O) groups excluding carboxylic acids is 2. The van der Waals surface area contributed by atoms with E-state index in [0.29, 0.717) is 11.4 Å². The van der Waals surface area contributed by atoms with E-state index in [1.54, 1.807) is 13.8 Å². The molecule has 0 fully saturated rings. The van der Waals surface area contributed by atoms with Gasteiger partial charge < -0.3 is 24.4 Å². The predicted octanol–water partition coefficient (Wildman–Crippen LogP) is 1.86. The van der Waals surface area contributed by atoms with Crippen molar-refractivity contribution in [3.8, 4) is 11.5 Å². The molecule has 0 bridgehead atoms. The zero-order valence-corrected chi connectivity index (χ0v) is 14.4. The summed E-state index contributed by atoms with van der Waals surface area (Å²) >= 11 is 0. The molecule has 2 heterocycles. The van der Waals surface area contributed by atoms with Crippen LogP contribution in [-0.4, -0.2) is 42.3 Å². The van der Waals surface area contributed by atoms with Crippen LogP contribution >= 0.6 is 0 Å². The molecule has 1 aromatic carbocycles. The highest BCUT2D eigenvalue weighted by molar-refractivity contribution is 5.95. The third-order valence-corrected chi connectivity index (χ3v) is 4.28. The molecular weight excluding hydrogens is 346 g/mol. The Labute approximate surface area is 148 Å². The molecular formula is C16H17N3O7. The summed E-state index contributed by atoms with van der Waals surface area (Å²) in [6, 6.07) is 1.09. The lowest BCUT2D eigenvalue weighted by atomic mass is 9.93. The molecule has 0 aromatic heterocycles. The van der Waals surface area contributed by atoms with Gasteiger partial charge in [0.2, 0.25) is 6.79 Å². The van der Waals surface area contributed by atoms with E-state index in [4.69, 9.17) is 14.2 Å². The van der Waals surface area contributed by atoms with Gasteiger partial charge in [0.1, 0.15) is 0 Å². The van der Waals surface area contributed by atoms with E-state index in [2.05, 4.69) is 5.32 Å². The first-order chi connectivity index (χ1) is 12.3. The van der Waals surface area contributed by atoms with Crippen molar-refractivity contribution >= 4 is 17.7 Å². The maximum atomic E-state index is 12.5. The Hall–Kier alpha value is -3.30. The van der Waals surface area contributed by atoms with Gasteiger partial charge in [0.15, 0.2) is 11.5 Å². The summed E-state index contributed by atoms with van der Waals surface area (Å²) in [5, 5.41) is 14.2. The van der Waals surface area contributed by atoms with Crippen molar-refractivity contribution in [3.05, 3.63) is 39.1 Å². The molecule has 0 unspecified atom stereocenters. The number of rotatable bonds is 4. The fourth-order valence-corrected chi connectivity index (χ4v) is 2.88. The first kappa shape index (κ1) is 17.5. The number of nitrogens with one attached hydrogen (secondary N) is 1. The zero-order valence-electron chi connectivity index (χ0n) is 14.4. The molecule has 1 aromatic rings. The third-order valence-electron chi connectivity index (χ3n) is 4.28. The van der Waals surface area contributed by atoms with Gasteiger partial charge in [0.05, 0.1) is 34.8 Å². The maximum absolute atomic E-state index is 12.5. The van der Waals surface area contributed by atoms with Gasteiger partial charge in [-0.1, -0.05) is 0 Å². The second-order valence-corrected chi connectivity index (χ2v) is 5.68. The Morgan fingerprint density at radius 2 is 2.08 bits per heavy atom. The minimum Gasteiger partial charge on any atom is -0.463 e. The molecule has 0 aliphatic carbocycles. The van der Waals surface area contributed by atoms with Crippen LogP contribution in [0.15, 0.2) is 23.4 Å². The minimum absolute atomic E-state index is 0.0602. The highest BCUT2D eigenvalue weighted by Gasteiger charge is 2.39. The number of hydrogen-bond acceptors (Lipinski definition) is 7. The fraction of sp³-hybridized carbons (Fsp3) is 0.375. The summed E-state index contributed by atoms with van der Waals surface area (Å²) in [5.74, 6) is -0.119. The first-order valence-corrected chi connectivity index (χ1v) is 7.85. The number of ether oxygens (including phenoxy) is 3. The number of amides is 2. The smallest absolute Gasteiger partial charge is 0.338 e. The molecule has 1 N–H and O–H groups in total. The van der Waals surface area contributed by atoms with Crippen molar-refractivity contribution < 1.29 is 28.7 Å². The van der Waals surface area contributed by atoms with E-state index in [0.717, 1.165) is 0 Å². The molecule has 0 saturated carbocycles. The van der Waals surface area contributed by atoms with Crippen molar-refractivity contribution in [3.63, 3.8) is 0 Å². The second-order valence-electron chi connectivity index (χ2n) is 5.68. The van der Waals surface area contributed by atoms with Gasteiger partial charge in [-0.05, 0) is 19.9 Å². The quantitative estimate of drug-likeness (QED) is 0.492. The van der Waals surface area contributed by atoms with Crippen molar-refractivity contribution in [2.24, 2.45) is 0 Å². The van der Waals surface area contributed by atoms with Crippen LogP contribution in [-0.2, 0) is 9.53 Å². The first-order valence-electron chi connectivity index (χ1n) is 7.85. The van der Waals surface area contributed by atoms with E-state index in [1.165, 1.54) is 24.1 Å². The summed E-state index contributed by atoms with van der Waals surface area (Å²) in [6.07, 6.45) is 0. The summed E-state index contributed by atoms with van der Waals surface area (Å²) in [6.45, 7) is 3.30. The van der Waals surface area contributed by atoms with Gasteiger partial charge >= 0.3 is 12.0 Å². The van der Waals surface area contributed by atoms with Crippen LogP contribution in [0.2, 0.25) is 0 Å². The Kier molecular flexibility index (Phi) is 4.41. The second kappa shape index (κ2) is 6.54. The number of nitro groups is 1. The molecule has 138 valence electrons. The van der Waals surface area contributed by atoms with Crippen molar-refractivity contribution in [1.29, 1.82) is 0 Å². The summed E-state index contributed by atoms with van der Waals surface area (Å²) in [4.78, 5) is 36.9. The van der Waals surface area contributed by atoms with Crippen LogP contribution in [0, 0.1) is 10.1 Å². The molecule has 1 atom stereocenters. The lowest BCUT2D eigenvalue weighted by molar-refractivity contribution is -0.385. The lowest BCUT2D eigenvalue weighted by Gasteiger charge is -2.33. The predicted molar refractivity (Wildman–Crippen MR) is 87.6 cm³/mol. The Morgan fingerprint density at radius 1 is 1.42 bits per heavy atom. The molecule has 10 nitrogen and oxygen atoms in total. The molecule has 2 amide bonds. The van der Waals surface area contributed by atoms with Gasteiger partial charge in [-0.25, -0.2) is 9.59 Å². The van der Waals surface area contributed by atoms with Gasteiger partial charge in [0, 0.05) is 12.7 Å². The third kappa shape index (κ3) is 2.79. The standard InChI is InChI=1S/C16H17N3O7/c1-4-24-15(20)13-8(2)18(3)16(21)17-14(13)9-5-11-12(26-7-25-11)6-10(9)19(22)23/h5-6,14H,4,7H2,1-3H3,(H,17,21)/t14-/m0/s1. The van der Waals surface area contributed by atoms with E-state index in [1.807, 2.05) is 0 Å². The average molecular weight is 363 g/mol. The summed E-state index contributed by atoms with van der Waals surface area (Å²) in [5.41, 5.74) is 0.293. The molecule has 2 aliphatic heterocycles. The van der Waals surface area contributed by atoms with Gasteiger partial charge in [-0.2, -0.15) is 0 Å².